The molecule has 0 spiro atoms. The van der Waals surface area contributed by atoms with E-state index in [9.17, 15) is 18.4 Å². The summed E-state index contributed by atoms with van der Waals surface area (Å²) in [7, 11) is 0. The molecule has 1 N–H and O–H groups in total. The number of nitrogens with zero attached hydrogens (tertiary/aromatic N) is 4. The molecule has 2 aliphatic rings. The first kappa shape index (κ1) is 33.4. The van der Waals surface area contributed by atoms with E-state index in [0.717, 1.165) is 30.8 Å². The summed E-state index contributed by atoms with van der Waals surface area (Å²) >= 11 is 5.89. The molecule has 8 nitrogen and oxygen atoms in total. The predicted molar refractivity (Wildman–Crippen MR) is 162 cm³/mol. The largest absolute Gasteiger partial charge is 0.444 e. The number of nitrogens with one attached hydrogen (secondary N) is 1. The van der Waals surface area contributed by atoms with Gasteiger partial charge < -0.3 is 19.9 Å². The van der Waals surface area contributed by atoms with Gasteiger partial charge in [0.05, 0.1) is 24.0 Å². The fourth-order valence-corrected chi connectivity index (χ4v) is 5.52. The first-order chi connectivity index (χ1) is 20.7. The van der Waals surface area contributed by atoms with Crippen molar-refractivity contribution >= 4 is 29.5 Å². The smallest absolute Gasteiger partial charge is 0.408 e. The lowest BCUT2D eigenvalue weighted by Gasteiger charge is -2.34. The van der Waals surface area contributed by atoms with Gasteiger partial charge in [-0.05, 0) is 63.1 Å². The van der Waals surface area contributed by atoms with E-state index in [2.05, 4.69) is 38.9 Å². The van der Waals surface area contributed by atoms with Crippen LogP contribution in [-0.4, -0.2) is 70.6 Å². The zero-order valence-corrected chi connectivity index (χ0v) is 26.3. The van der Waals surface area contributed by atoms with Crippen molar-refractivity contribution in [3.63, 3.8) is 0 Å². The number of hydrogen-bond donors (Lipinski definition) is 1. The molecule has 0 saturated carbocycles. The molecule has 44 heavy (non-hydrogen) atoms. The Morgan fingerprint density at radius 1 is 1.18 bits per heavy atom. The molecule has 2 aliphatic heterocycles. The maximum atomic E-state index is 15.2. The topological polar surface area (TPSA) is 87.7 Å². The molecule has 3 heterocycles. The van der Waals surface area contributed by atoms with Gasteiger partial charge in [0.1, 0.15) is 17.5 Å². The fourth-order valence-electron chi connectivity index (χ4n) is 5.42. The van der Waals surface area contributed by atoms with Crippen molar-refractivity contribution in [2.45, 2.75) is 77.4 Å². The minimum atomic E-state index is -3.00. The Kier molecular flexibility index (Phi) is 10.7. The van der Waals surface area contributed by atoms with Gasteiger partial charge in [-0.25, -0.2) is 27.9 Å². The van der Waals surface area contributed by atoms with Crippen LogP contribution >= 0.6 is 11.6 Å². The normalized spacial score (nSPS) is 18.3. The summed E-state index contributed by atoms with van der Waals surface area (Å²) in [6, 6.07) is 3.17. The van der Waals surface area contributed by atoms with Crippen molar-refractivity contribution in [1.29, 1.82) is 0 Å². The van der Waals surface area contributed by atoms with Crippen LogP contribution in [-0.2, 0) is 16.0 Å². The van der Waals surface area contributed by atoms with Gasteiger partial charge in [0.25, 0.3) is 5.92 Å². The van der Waals surface area contributed by atoms with E-state index in [1.165, 1.54) is 12.1 Å². The number of carbonyl (C=O) groups excluding carboxylic acids is 2. The molecule has 4 rings (SSSR count). The van der Waals surface area contributed by atoms with Crippen molar-refractivity contribution in [2.75, 3.05) is 31.1 Å². The number of ether oxygens (including phenoxy) is 1. The average molecular weight is 634 g/mol. The number of aromatic nitrogens is 2. The van der Waals surface area contributed by atoms with E-state index in [1.807, 2.05) is 0 Å². The second-order valence-electron chi connectivity index (χ2n) is 12.6. The highest BCUT2D eigenvalue weighted by molar-refractivity contribution is 6.30. The molecule has 12 heteroatoms. The number of hydrogen-bond acceptors (Lipinski definition) is 6. The standard InChI is InChI=1S/C32H39ClF3N5O3/c1-21(23-10-13-40(14-11-23)29-37-18-25(33)19-38-29)6-5-7-22-8-9-24(26(34)16-22)17-27(39-30(43)44-31(2,3)4)28(42)41-15-12-32(35,36)20-41/h8-9,16,18-19,21,23,27H,6,10-15,17,20H2,1-4H3,(H,39,43). The zero-order chi connectivity index (χ0) is 32.1. The van der Waals surface area contributed by atoms with Gasteiger partial charge >= 0.3 is 6.09 Å². The lowest BCUT2D eigenvalue weighted by atomic mass is 9.84. The molecular weight excluding hydrogens is 595 g/mol. The number of carbonyl (C=O) groups is 2. The summed E-state index contributed by atoms with van der Waals surface area (Å²) < 4.78 is 48.0. The summed E-state index contributed by atoms with van der Waals surface area (Å²) in [5.41, 5.74) is -0.207. The van der Waals surface area contributed by atoms with Crippen LogP contribution < -0.4 is 10.2 Å². The lowest BCUT2D eigenvalue weighted by Crippen LogP contribution is -2.50. The molecule has 0 radical (unpaired) electrons. The Hall–Kier alpha value is -3.52. The lowest BCUT2D eigenvalue weighted by molar-refractivity contribution is -0.133. The molecular formula is C32H39ClF3N5O3. The summed E-state index contributed by atoms with van der Waals surface area (Å²) in [6.07, 6.45) is 4.26. The van der Waals surface area contributed by atoms with E-state index in [-0.39, 0.29) is 18.5 Å². The van der Waals surface area contributed by atoms with E-state index in [0.29, 0.717) is 34.8 Å². The van der Waals surface area contributed by atoms with Crippen molar-refractivity contribution < 1.29 is 27.5 Å². The Labute approximate surface area is 261 Å². The highest BCUT2D eigenvalue weighted by atomic mass is 35.5. The molecule has 2 aromatic rings. The van der Waals surface area contributed by atoms with Gasteiger partial charge in [-0.15, -0.1) is 0 Å². The van der Waals surface area contributed by atoms with Crippen LogP contribution in [0.5, 0.6) is 0 Å². The van der Waals surface area contributed by atoms with Gasteiger partial charge in [0.15, 0.2) is 0 Å². The van der Waals surface area contributed by atoms with Crippen LogP contribution in [0.25, 0.3) is 0 Å². The van der Waals surface area contributed by atoms with Crippen molar-refractivity contribution in [2.24, 2.45) is 11.8 Å². The number of anilines is 1. The molecule has 2 unspecified atom stereocenters. The molecule has 238 valence electrons. The van der Waals surface area contributed by atoms with Crippen molar-refractivity contribution in [1.82, 2.24) is 20.2 Å². The SMILES string of the molecule is CC(CC#Cc1ccc(CC(NC(=O)OC(C)(C)C)C(=O)N2CCC(F)(F)C2)c(F)c1)C1CCN(c2ncc(Cl)cn2)CC1. The number of halogens is 4. The Balaban J connectivity index is 1.35. The number of rotatable bonds is 7. The maximum Gasteiger partial charge on any atom is 0.408 e. The summed E-state index contributed by atoms with van der Waals surface area (Å²) in [4.78, 5) is 37.3. The van der Waals surface area contributed by atoms with E-state index in [4.69, 9.17) is 16.3 Å². The Morgan fingerprint density at radius 2 is 1.86 bits per heavy atom. The minimum Gasteiger partial charge on any atom is -0.444 e. The highest BCUT2D eigenvalue weighted by Crippen LogP contribution is 2.29. The molecule has 2 amide bonds. The summed E-state index contributed by atoms with van der Waals surface area (Å²) in [5, 5.41) is 2.96. The average Bonchev–Trinajstić information content (AvgIpc) is 3.32. The quantitative estimate of drug-likeness (QED) is 0.384. The third-order valence-electron chi connectivity index (χ3n) is 7.84. The zero-order valence-electron chi connectivity index (χ0n) is 25.5. The van der Waals surface area contributed by atoms with E-state index >= 15 is 4.39 Å². The third-order valence-corrected chi connectivity index (χ3v) is 8.03. The molecule has 1 aromatic carbocycles. The Bertz CT molecular complexity index is 1380. The third kappa shape index (κ3) is 9.49. The maximum absolute atomic E-state index is 15.2. The first-order valence-corrected chi connectivity index (χ1v) is 15.2. The molecule has 2 atom stereocenters. The van der Waals surface area contributed by atoms with Crippen molar-refractivity contribution in [3.05, 3.63) is 52.6 Å². The van der Waals surface area contributed by atoms with E-state index < -0.39 is 48.3 Å². The van der Waals surface area contributed by atoms with Gasteiger partial charge in [0.2, 0.25) is 11.9 Å². The molecule has 0 bridgehead atoms. The number of benzene rings is 1. The van der Waals surface area contributed by atoms with E-state index in [1.54, 1.807) is 39.2 Å². The molecule has 1 aromatic heterocycles. The molecule has 2 fully saturated rings. The second-order valence-corrected chi connectivity index (χ2v) is 13.0. The number of likely N-dealkylation sites (tertiary alicyclic amines) is 1. The first-order valence-electron chi connectivity index (χ1n) is 14.8. The van der Waals surface area contributed by atoms with Crippen LogP contribution in [0.3, 0.4) is 0 Å². The number of amides is 2. The van der Waals surface area contributed by atoms with Crippen LogP contribution in [0.2, 0.25) is 5.02 Å². The van der Waals surface area contributed by atoms with Gasteiger partial charge in [-0.3, -0.25) is 4.79 Å². The number of piperidine rings is 1. The highest BCUT2D eigenvalue weighted by Gasteiger charge is 2.42. The summed E-state index contributed by atoms with van der Waals surface area (Å²) in [5.74, 6) is 3.41. The van der Waals surface area contributed by atoms with Gasteiger partial charge in [-0.1, -0.05) is 36.4 Å². The monoisotopic (exact) mass is 633 g/mol. The minimum absolute atomic E-state index is 0.149. The summed E-state index contributed by atoms with van der Waals surface area (Å²) in [6.45, 7) is 7.95. The van der Waals surface area contributed by atoms with Gasteiger partial charge in [0, 0.05) is 44.5 Å². The number of alkyl carbamates (subject to hydrolysis) is 1. The van der Waals surface area contributed by atoms with Crippen LogP contribution in [0.1, 0.15) is 64.5 Å². The number of alkyl halides is 2. The molecule has 0 aliphatic carbocycles. The van der Waals surface area contributed by atoms with Crippen LogP contribution in [0.4, 0.5) is 23.9 Å². The Morgan fingerprint density at radius 3 is 2.45 bits per heavy atom. The fraction of sp³-hybridized carbons (Fsp3) is 0.562. The van der Waals surface area contributed by atoms with Gasteiger partial charge in [-0.2, -0.15) is 0 Å². The second kappa shape index (κ2) is 14.1. The molecule has 2 saturated heterocycles. The van der Waals surface area contributed by atoms with Crippen LogP contribution in [0, 0.1) is 29.5 Å². The van der Waals surface area contributed by atoms with Crippen molar-refractivity contribution in [3.8, 4) is 11.8 Å². The van der Waals surface area contributed by atoms with Crippen LogP contribution in [0.15, 0.2) is 30.6 Å². The predicted octanol–water partition coefficient (Wildman–Crippen LogP) is 5.87.